The predicted molar refractivity (Wildman–Crippen MR) is 59.2 cm³/mol. The van der Waals surface area contributed by atoms with Crippen LogP contribution in [-0.4, -0.2) is 21.0 Å². The second-order valence-electron chi connectivity index (χ2n) is 4.25. The van der Waals surface area contributed by atoms with E-state index in [-0.39, 0.29) is 4.90 Å². The zero-order valence-corrected chi connectivity index (χ0v) is 10.3. The molecule has 0 amide bonds. The molecule has 0 aromatic heterocycles. The Bertz CT molecular complexity index is 414. The van der Waals surface area contributed by atoms with Crippen LogP contribution in [0.25, 0.3) is 0 Å². The average molecular weight is 230 g/mol. The Kier molecular flexibility index (Phi) is 2.85. The summed E-state index contributed by atoms with van der Waals surface area (Å²) in [5.74, 6) is 0. The molecule has 5 heteroatoms. The Labute approximate surface area is 85.5 Å². The maximum absolute atomic E-state index is 10.8. The molecule has 0 unspecified atom stereocenters. The first-order chi connectivity index (χ1) is 6.21. The van der Waals surface area contributed by atoms with Gasteiger partial charge >= 0.3 is 0 Å². The van der Waals surface area contributed by atoms with Crippen molar-refractivity contribution in [1.82, 2.24) is 0 Å². The molecule has 0 atom stereocenters. The van der Waals surface area contributed by atoms with E-state index in [1.165, 1.54) is 17.3 Å². The van der Waals surface area contributed by atoms with Gasteiger partial charge in [-0.3, -0.25) is 4.55 Å². The van der Waals surface area contributed by atoms with Gasteiger partial charge in [0.1, 0.15) is 0 Å². The first-order valence-corrected chi connectivity index (χ1v) is 9.23. The summed E-state index contributed by atoms with van der Waals surface area (Å²) in [6.07, 6.45) is 0. The quantitative estimate of drug-likeness (QED) is 0.618. The van der Waals surface area contributed by atoms with E-state index < -0.39 is 18.2 Å². The summed E-state index contributed by atoms with van der Waals surface area (Å²) in [6.45, 7) is 6.53. The lowest BCUT2D eigenvalue weighted by Gasteiger charge is -2.16. The van der Waals surface area contributed by atoms with Crippen molar-refractivity contribution in [2.24, 2.45) is 0 Å². The van der Waals surface area contributed by atoms with Gasteiger partial charge in [-0.25, -0.2) is 0 Å². The van der Waals surface area contributed by atoms with Crippen LogP contribution >= 0.6 is 0 Å². The van der Waals surface area contributed by atoms with Crippen LogP contribution in [0.5, 0.6) is 0 Å². The van der Waals surface area contributed by atoms with Crippen molar-refractivity contribution in [2.75, 3.05) is 0 Å². The molecule has 0 radical (unpaired) electrons. The normalized spacial score (nSPS) is 12.9. The van der Waals surface area contributed by atoms with Gasteiger partial charge in [0.05, 0.1) is 13.0 Å². The smallest absolute Gasteiger partial charge is 0.282 e. The van der Waals surface area contributed by atoms with Crippen molar-refractivity contribution in [3.63, 3.8) is 0 Å². The zero-order valence-electron chi connectivity index (χ0n) is 8.48. The molecule has 0 fully saturated rings. The highest BCUT2D eigenvalue weighted by molar-refractivity contribution is 7.85. The summed E-state index contributed by atoms with van der Waals surface area (Å²) in [4.78, 5) is -0.0421. The van der Waals surface area contributed by atoms with E-state index in [0.717, 1.165) is 0 Å². The predicted octanol–water partition coefficient (Wildman–Crippen LogP) is 1.48. The van der Waals surface area contributed by atoms with Crippen molar-refractivity contribution in [1.29, 1.82) is 0 Å². The van der Waals surface area contributed by atoms with Crippen LogP contribution in [0.4, 0.5) is 0 Å². The first-order valence-electron chi connectivity index (χ1n) is 4.29. The Morgan fingerprint density at radius 2 is 1.50 bits per heavy atom. The third kappa shape index (κ3) is 2.67. The lowest BCUT2D eigenvalue weighted by molar-refractivity contribution is 0.483. The number of rotatable bonds is 2. The van der Waals surface area contributed by atoms with Crippen LogP contribution < -0.4 is 5.19 Å². The molecule has 0 saturated carbocycles. The monoisotopic (exact) mass is 230 g/mol. The molecule has 1 rings (SSSR count). The van der Waals surface area contributed by atoms with E-state index in [1.54, 1.807) is 12.1 Å². The number of hydrogen-bond donors (Lipinski definition) is 1. The summed E-state index contributed by atoms with van der Waals surface area (Å²) in [5.41, 5.74) is 0. The maximum Gasteiger partial charge on any atom is 0.294 e. The third-order valence-corrected chi connectivity index (χ3v) is 4.95. The Morgan fingerprint density at radius 1 is 1.07 bits per heavy atom. The Hall–Kier alpha value is -0.653. The highest BCUT2D eigenvalue weighted by Gasteiger charge is 2.17. The molecule has 3 nitrogen and oxygen atoms in total. The summed E-state index contributed by atoms with van der Waals surface area (Å²) < 4.78 is 30.3. The van der Waals surface area contributed by atoms with Crippen LogP contribution in [-0.2, 0) is 10.1 Å². The molecule has 1 aromatic carbocycles. The van der Waals surface area contributed by atoms with Gasteiger partial charge in [0.25, 0.3) is 10.1 Å². The average Bonchev–Trinajstić information content (AvgIpc) is 2.01. The largest absolute Gasteiger partial charge is 0.294 e. The minimum absolute atomic E-state index is 0.0421. The molecule has 0 aliphatic heterocycles. The molecule has 1 aromatic rings. The van der Waals surface area contributed by atoms with Gasteiger partial charge in [0.15, 0.2) is 0 Å². The second-order valence-corrected chi connectivity index (χ2v) is 10.7. The van der Waals surface area contributed by atoms with Crippen molar-refractivity contribution < 1.29 is 13.0 Å². The van der Waals surface area contributed by atoms with Gasteiger partial charge < -0.3 is 0 Å². The number of benzene rings is 1. The molecule has 0 aliphatic rings. The molecule has 78 valence electrons. The molecule has 0 heterocycles. The lowest BCUT2D eigenvalue weighted by Crippen LogP contribution is -2.37. The van der Waals surface area contributed by atoms with Crippen LogP contribution in [0.1, 0.15) is 0 Å². The van der Waals surface area contributed by atoms with Crippen molar-refractivity contribution >= 4 is 23.4 Å². The molecular formula is C9H14O3SSi. The summed E-state index contributed by atoms with van der Waals surface area (Å²) >= 11 is 0. The highest BCUT2D eigenvalue weighted by atomic mass is 32.2. The van der Waals surface area contributed by atoms with Gasteiger partial charge in [-0.2, -0.15) is 8.42 Å². The fourth-order valence-electron chi connectivity index (χ4n) is 1.13. The van der Waals surface area contributed by atoms with Crippen LogP contribution in [0, 0.1) is 0 Å². The zero-order chi connectivity index (χ0) is 11.0. The second kappa shape index (κ2) is 3.49. The van der Waals surface area contributed by atoms with Gasteiger partial charge in [0, 0.05) is 0 Å². The molecule has 0 saturated heterocycles. The lowest BCUT2D eigenvalue weighted by atomic mass is 10.4. The molecule has 0 spiro atoms. The summed E-state index contributed by atoms with van der Waals surface area (Å²) in [7, 11) is -5.44. The van der Waals surface area contributed by atoms with Crippen LogP contribution in [0.2, 0.25) is 19.6 Å². The molecule has 1 N–H and O–H groups in total. The molecular weight excluding hydrogens is 216 g/mol. The van der Waals surface area contributed by atoms with Crippen molar-refractivity contribution in [3.8, 4) is 0 Å². The van der Waals surface area contributed by atoms with Gasteiger partial charge in [0.2, 0.25) is 0 Å². The van der Waals surface area contributed by atoms with Crippen molar-refractivity contribution in [2.45, 2.75) is 24.5 Å². The van der Waals surface area contributed by atoms with E-state index in [0.29, 0.717) is 0 Å². The number of hydrogen-bond acceptors (Lipinski definition) is 2. The first kappa shape index (κ1) is 11.4. The standard InChI is InChI=1S/C9H14O3SSi/c1-14(2,3)9-6-4-8(5-7-9)13(10,11)12/h4-7H,1-3H3,(H,10,11,12). The third-order valence-electron chi connectivity index (χ3n) is 2.02. The van der Waals surface area contributed by atoms with E-state index in [1.807, 2.05) is 0 Å². The topological polar surface area (TPSA) is 54.4 Å². The van der Waals surface area contributed by atoms with E-state index in [2.05, 4.69) is 19.6 Å². The minimum Gasteiger partial charge on any atom is -0.282 e. The molecule has 0 aliphatic carbocycles. The molecule has 14 heavy (non-hydrogen) atoms. The van der Waals surface area contributed by atoms with Crippen LogP contribution in [0.3, 0.4) is 0 Å². The fourth-order valence-corrected chi connectivity index (χ4v) is 2.77. The van der Waals surface area contributed by atoms with Gasteiger partial charge in [-0.15, -0.1) is 0 Å². The molecule has 0 bridgehead atoms. The SMILES string of the molecule is C[Si](C)(C)c1ccc(S(=O)(=O)O)cc1. The Balaban J connectivity index is 3.14. The van der Waals surface area contributed by atoms with E-state index in [9.17, 15) is 8.42 Å². The minimum atomic E-state index is -4.05. The van der Waals surface area contributed by atoms with Crippen LogP contribution in [0.15, 0.2) is 29.2 Å². The summed E-state index contributed by atoms with van der Waals surface area (Å²) in [6, 6.07) is 6.44. The summed E-state index contributed by atoms with van der Waals surface area (Å²) in [5, 5.41) is 1.17. The Morgan fingerprint density at radius 3 is 1.79 bits per heavy atom. The highest BCUT2D eigenvalue weighted by Crippen LogP contribution is 2.08. The van der Waals surface area contributed by atoms with E-state index >= 15 is 0 Å². The van der Waals surface area contributed by atoms with Crippen molar-refractivity contribution in [3.05, 3.63) is 24.3 Å². The fraction of sp³-hybridized carbons (Fsp3) is 0.333. The van der Waals surface area contributed by atoms with Gasteiger partial charge in [-0.05, 0) is 12.1 Å². The van der Waals surface area contributed by atoms with Gasteiger partial charge in [-0.1, -0.05) is 37.0 Å². The maximum atomic E-state index is 10.8. The van der Waals surface area contributed by atoms with E-state index in [4.69, 9.17) is 4.55 Å².